The molecule has 3 heterocycles. The Hall–Kier alpha value is -3.84. The average Bonchev–Trinajstić information content (AvgIpc) is 3.76. The van der Waals surface area contributed by atoms with Crippen molar-refractivity contribution in [1.29, 1.82) is 0 Å². The third-order valence-electron chi connectivity index (χ3n) is 11.0. The largest absolute Gasteiger partial charge is 0.455 e. The van der Waals surface area contributed by atoms with Crippen molar-refractivity contribution < 1.29 is 38.5 Å². The molecule has 1 unspecified atom stereocenters. The summed E-state index contributed by atoms with van der Waals surface area (Å²) < 4.78 is 18.6. The van der Waals surface area contributed by atoms with Gasteiger partial charge in [-0.1, -0.05) is 109 Å². The molecule has 1 spiro atoms. The van der Waals surface area contributed by atoms with Crippen LogP contribution in [0, 0.1) is 17.8 Å². The summed E-state index contributed by atoms with van der Waals surface area (Å²) in [6.45, 7) is 11.7. The highest BCUT2D eigenvalue weighted by atomic mass is 79.9. The molecule has 3 amide bonds. The zero-order valence-electron chi connectivity index (χ0n) is 30.8. The SMILES string of the molecule is C=CCCC(=O)N[C@H](COC)[C@H](OC(=O)[C@H]1[C@@H]2O[C@@]3(CC2Br)[C@@H]1C(=O)N([C@@H](CO)[C@@H](C)CC)[C@@H]3C(=O)N(CC=C)Cc1ccccc1)c1ccccc1. The number of hydrogen-bond donors (Lipinski definition) is 2. The van der Waals surface area contributed by atoms with Crippen LogP contribution in [0.5, 0.6) is 0 Å². The highest BCUT2D eigenvalue weighted by Crippen LogP contribution is 2.61. The van der Waals surface area contributed by atoms with Crippen molar-refractivity contribution in [3.8, 4) is 0 Å². The summed E-state index contributed by atoms with van der Waals surface area (Å²) in [4.78, 5) is 60.3. The average molecular weight is 795 g/mol. The van der Waals surface area contributed by atoms with Crippen molar-refractivity contribution in [3.63, 3.8) is 0 Å². The monoisotopic (exact) mass is 793 g/mol. The van der Waals surface area contributed by atoms with E-state index < -0.39 is 59.6 Å². The first-order valence-electron chi connectivity index (χ1n) is 18.4. The number of hydrogen-bond acceptors (Lipinski definition) is 8. The second kappa shape index (κ2) is 18.0. The minimum atomic E-state index is -1.37. The molecule has 2 N–H and O–H groups in total. The second-order valence-corrected chi connectivity index (χ2v) is 15.4. The molecular weight excluding hydrogens is 742 g/mol. The molecule has 11 nitrogen and oxygen atoms in total. The van der Waals surface area contributed by atoms with Crippen molar-refractivity contribution in [2.24, 2.45) is 17.8 Å². The number of halogens is 1. The maximum atomic E-state index is 15.0. The highest BCUT2D eigenvalue weighted by Gasteiger charge is 2.77. The number of esters is 1. The number of rotatable bonds is 19. The van der Waals surface area contributed by atoms with Crippen molar-refractivity contribution in [1.82, 2.24) is 15.1 Å². The molecule has 10 atom stereocenters. The van der Waals surface area contributed by atoms with E-state index in [1.807, 2.05) is 62.4 Å². The molecule has 0 saturated carbocycles. The zero-order chi connectivity index (χ0) is 38.3. The molecule has 2 bridgehead atoms. The van der Waals surface area contributed by atoms with Gasteiger partial charge < -0.3 is 34.4 Å². The van der Waals surface area contributed by atoms with E-state index in [4.69, 9.17) is 14.2 Å². The van der Waals surface area contributed by atoms with Gasteiger partial charge in [-0.3, -0.25) is 19.2 Å². The van der Waals surface area contributed by atoms with E-state index in [2.05, 4.69) is 34.4 Å². The van der Waals surface area contributed by atoms with E-state index >= 15 is 0 Å². The minimum Gasteiger partial charge on any atom is -0.455 e. The summed E-state index contributed by atoms with van der Waals surface area (Å²) >= 11 is 3.75. The molecule has 2 aromatic rings. The van der Waals surface area contributed by atoms with Crippen LogP contribution in [-0.4, -0.2) is 100 Å². The van der Waals surface area contributed by atoms with Gasteiger partial charge >= 0.3 is 5.97 Å². The number of carbonyl (C=O) groups excluding carboxylic acids is 4. The van der Waals surface area contributed by atoms with Gasteiger partial charge in [-0.25, -0.2) is 0 Å². The number of alkyl halides is 1. The maximum Gasteiger partial charge on any atom is 0.313 e. The predicted octanol–water partition coefficient (Wildman–Crippen LogP) is 4.74. The summed E-state index contributed by atoms with van der Waals surface area (Å²) in [6, 6.07) is 16.1. The van der Waals surface area contributed by atoms with Crippen LogP contribution >= 0.6 is 15.9 Å². The smallest absolute Gasteiger partial charge is 0.313 e. The molecule has 2 aromatic carbocycles. The molecule has 12 heteroatoms. The number of benzene rings is 2. The van der Waals surface area contributed by atoms with Crippen LogP contribution in [-0.2, 0) is 39.9 Å². The maximum absolute atomic E-state index is 15.0. The van der Waals surface area contributed by atoms with Gasteiger partial charge in [0.25, 0.3) is 0 Å². The lowest BCUT2D eigenvalue weighted by Crippen LogP contribution is -2.59. The Bertz CT molecular complexity index is 1610. The first kappa shape index (κ1) is 40.3. The van der Waals surface area contributed by atoms with Crippen LogP contribution in [0.1, 0.15) is 56.8 Å². The Morgan fingerprint density at radius 3 is 2.42 bits per heavy atom. The molecule has 53 heavy (non-hydrogen) atoms. The molecule has 3 fully saturated rings. The quantitative estimate of drug-likeness (QED) is 0.119. The first-order chi connectivity index (χ1) is 25.6. The summed E-state index contributed by atoms with van der Waals surface area (Å²) in [6.07, 6.45) is 3.16. The van der Waals surface area contributed by atoms with E-state index in [1.165, 1.54) is 12.0 Å². The third-order valence-corrected chi connectivity index (χ3v) is 11.8. The van der Waals surface area contributed by atoms with Gasteiger partial charge in [-0.05, 0) is 29.9 Å². The van der Waals surface area contributed by atoms with E-state index in [1.54, 1.807) is 29.2 Å². The molecule has 0 aromatic heterocycles. The van der Waals surface area contributed by atoms with Crippen LogP contribution in [0.4, 0.5) is 0 Å². The standard InChI is InChI=1S/C41H52BrN3O8/c1-6-9-20-32(47)43-30(25-51-5)35(28-18-14-11-15-19-28)52-40(50)33-34-38(48)45(31(24-46)26(4)8-3)37(41(34)22-29(42)36(33)53-41)39(49)44(21-7-2)23-27-16-12-10-13-17-27/h6-7,10-19,26,29-31,33-37,46H,1-2,8-9,20-25H2,3-5H3,(H,43,47)/t26-,29?,30+,31-,33+,34-,35+,36+,37+,41-/m0/s1. The summed E-state index contributed by atoms with van der Waals surface area (Å²) in [7, 11) is 1.50. The number of allylic oxidation sites excluding steroid dienone is 1. The number of aliphatic hydroxyl groups is 1. The van der Waals surface area contributed by atoms with Crippen molar-refractivity contribution in [3.05, 3.63) is 97.1 Å². The number of carbonyl (C=O) groups is 4. The van der Waals surface area contributed by atoms with E-state index in [-0.39, 0.29) is 55.3 Å². The van der Waals surface area contributed by atoms with Crippen molar-refractivity contribution in [2.45, 2.75) is 86.8 Å². The topological polar surface area (TPSA) is 135 Å². The normalized spacial score (nSPS) is 26.6. The Morgan fingerprint density at radius 1 is 1.13 bits per heavy atom. The number of likely N-dealkylation sites (tertiary alicyclic amines) is 1. The van der Waals surface area contributed by atoms with E-state index in [9.17, 15) is 24.3 Å². The van der Waals surface area contributed by atoms with Crippen molar-refractivity contribution in [2.75, 3.05) is 26.9 Å². The molecule has 286 valence electrons. The number of ether oxygens (including phenoxy) is 3. The van der Waals surface area contributed by atoms with Gasteiger partial charge in [-0.15, -0.1) is 13.2 Å². The highest BCUT2D eigenvalue weighted by molar-refractivity contribution is 9.09. The molecule has 5 rings (SSSR count). The van der Waals surface area contributed by atoms with Gasteiger partial charge in [-0.2, -0.15) is 0 Å². The molecule has 3 aliphatic heterocycles. The number of nitrogens with zero attached hydrogens (tertiary/aromatic N) is 2. The van der Waals surface area contributed by atoms with Gasteiger partial charge in [0.15, 0.2) is 0 Å². The fourth-order valence-corrected chi connectivity index (χ4v) is 9.22. The van der Waals surface area contributed by atoms with Crippen LogP contribution < -0.4 is 5.32 Å². The number of amides is 3. The van der Waals surface area contributed by atoms with Crippen LogP contribution in [0.15, 0.2) is 86.0 Å². The Labute approximate surface area is 320 Å². The third kappa shape index (κ3) is 8.16. The predicted molar refractivity (Wildman–Crippen MR) is 203 cm³/mol. The number of aliphatic hydroxyl groups excluding tert-OH is 1. The van der Waals surface area contributed by atoms with Gasteiger partial charge in [0.2, 0.25) is 17.7 Å². The van der Waals surface area contributed by atoms with Crippen LogP contribution in [0.2, 0.25) is 0 Å². The fourth-order valence-electron chi connectivity index (χ4n) is 8.28. The van der Waals surface area contributed by atoms with Crippen LogP contribution in [0.3, 0.4) is 0 Å². The molecular formula is C41H52BrN3O8. The second-order valence-electron chi connectivity index (χ2n) is 14.3. The van der Waals surface area contributed by atoms with E-state index in [0.29, 0.717) is 24.8 Å². The number of methoxy groups -OCH3 is 1. The lowest BCUT2D eigenvalue weighted by Gasteiger charge is -2.41. The molecule has 0 radical (unpaired) electrons. The van der Waals surface area contributed by atoms with Gasteiger partial charge in [0.05, 0.1) is 43.2 Å². The fraction of sp³-hybridized carbons (Fsp3) is 0.512. The zero-order valence-corrected chi connectivity index (χ0v) is 32.4. The van der Waals surface area contributed by atoms with Crippen molar-refractivity contribution >= 4 is 39.6 Å². The van der Waals surface area contributed by atoms with E-state index in [0.717, 1.165) is 5.56 Å². The first-order valence-corrected chi connectivity index (χ1v) is 19.3. The summed E-state index contributed by atoms with van der Waals surface area (Å²) in [5.74, 6) is -4.00. The number of fused-ring (bicyclic) bond motifs is 1. The Balaban J connectivity index is 1.55. The summed E-state index contributed by atoms with van der Waals surface area (Å²) in [5.41, 5.74) is 0.159. The Morgan fingerprint density at radius 2 is 1.81 bits per heavy atom. The number of nitrogens with one attached hydrogen (secondary N) is 1. The molecule has 3 saturated heterocycles. The minimum absolute atomic E-state index is 0.0443. The van der Waals surface area contributed by atoms with Gasteiger partial charge in [0, 0.05) is 31.4 Å². The lowest BCUT2D eigenvalue weighted by atomic mass is 9.70. The van der Waals surface area contributed by atoms with Crippen LogP contribution in [0.25, 0.3) is 0 Å². The molecule has 0 aliphatic carbocycles. The Kier molecular flexibility index (Phi) is 13.7. The lowest BCUT2D eigenvalue weighted by molar-refractivity contribution is -0.163. The molecule has 3 aliphatic rings. The van der Waals surface area contributed by atoms with Gasteiger partial charge in [0.1, 0.15) is 17.7 Å². The summed E-state index contributed by atoms with van der Waals surface area (Å²) in [5, 5.41) is 13.8.